The second-order valence-corrected chi connectivity index (χ2v) is 3.03. The van der Waals surface area contributed by atoms with Gasteiger partial charge in [-0.1, -0.05) is 12.1 Å². The molecule has 5 nitrogen and oxygen atoms in total. The van der Waals surface area contributed by atoms with E-state index in [1.54, 1.807) is 12.1 Å². The molecule has 1 aromatic carbocycles. The first-order chi connectivity index (χ1) is 7.31. The maximum Gasteiger partial charge on any atom is 0.147 e. The fourth-order valence-electron chi connectivity index (χ4n) is 1.37. The molecular formula is C9H10FN5. The molecule has 0 saturated carbocycles. The summed E-state index contributed by atoms with van der Waals surface area (Å²) >= 11 is 0. The Hall–Kier alpha value is -1.79. The van der Waals surface area contributed by atoms with Crippen LogP contribution in [0.4, 0.5) is 4.39 Å². The van der Waals surface area contributed by atoms with Crippen molar-refractivity contribution >= 4 is 0 Å². The molecule has 78 valence electrons. The fraction of sp³-hybridized carbons (Fsp3) is 0.111. The van der Waals surface area contributed by atoms with Crippen molar-refractivity contribution in [3.05, 3.63) is 47.8 Å². The number of nitrogens with one attached hydrogen (secondary N) is 2. The Morgan fingerprint density at radius 2 is 2.33 bits per heavy atom. The summed E-state index contributed by atoms with van der Waals surface area (Å²) in [4.78, 5) is 3.96. The van der Waals surface area contributed by atoms with Crippen LogP contribution in [0, 0.1) is 5.82 Å². The highest BCUT2D eigenvalue weighted by Crippen LogP contribution is 2.17. The molecule has 1 atom stereocenters. The molecule has 1 unspecified atom stereocenters. The monoisotopic (exact) mass is 207 g/mol. The van der Waals surface area contributed by atoms with Gasteiger partial charge in [-0.2, -0.15) is 5.10 Å². The zero-order valence-corrected chi connectivity index (χ0v) is 7.81. The third-order valence-electron chi connectivity index (χ3n) is 2.06. The number of hydrazine groups is 1. The third kappa shape index (κ3) is 2.00. The minimum Gasteiger partial charge on any atom is -0.270 e. The zero-order valence-electron chi connectivity index (χ0n) is 7.81. The molecule has 0 amide bonds. The predicted octanol–water partition coefficient (Wildman–Crippen LogP) is 0.496. The number of aromatic amines is 1. The number of nitrogens with two attached hydrogens (primary N) is 1. The van der Waals surface area contributed by atoms with Gasteiger partial charge in [0.25, 0.3) is 0 Å². The Morgan fingerprint density at radius 1 is 1.47 bits per heavy atom. The highest BCUT2D eigenvalue weighted by Gasteiger charge is 2.15. The maximum atomic E-state index is 13.0. The van der Waals surface area contributed by atoms with Gasteiger partial charge < -0.3 is 0 Å². The molecule has 2 rings (SSSR count). The van der Waals surface area contributed by atoms with E-state index < -0.39 is 0 Å². The lowest BCUT2D eigenvalue weighted by molar-refractivity contribution is 0.588. The molecule has 0 saturated heterocycles. The Bertz CT molecular complexity index is 428. The van der Waals surface area contributed by atoms with Gasteiger partial charge in [-0.05, 0) is 17.7 Å². The molecule has 0 spiro atoms. The van der Waals surface area contributed by atoms with Crippen molar-refractivity contribution in [2.24, 2.45) is 5.84 Å². The molecule has 4 N–H and O–H groups in total. The summed E-state index contributed by atoms with van der Waals surface area (Å²) in [6, 6.07) is 5.76. The Morgan fingerprint density at radius 3 is 2.93 bits per heavy atom. The van der Waals surface area contributed by atoms with E-state index in [9.17, 15) is 4.39 Å². The van der Waals surface area contributed by atoms with Gasteiger partial charge in [-0.3, -0.25) is 10.9 Å². The van der Waals surface area contributed by atoms with Crippen LogP contribution in [-0.4, -0.2) is 15.2 Å². The molecule has 6 heteroatoms. The largest absolute Gasteiger partial charge is 0.270 e. The van der Waals surface area contributed by atoms with Crippen LogP contribution in [0.1, 0.15) is 17.4 Å². The van der Waals surface area contributed by atoms with Crippen LogP contribution in [0.5, 0.6) is 0 Å². The SMILES string of the molecule is NNC(c1cccc(F)c1)c1ncn[nH]1. The van der Waals surface area contributed by atoms with Gasteiger partial charge in [0.2, 0.25) is 0 Å². The number of aromatic nitrogens is 3. The molecule has 0 bridgehead atoms. The van der Waals surface area contributed by atoms with Gasteiger partial charge in [0, 0.05) is 0 Å². The Labute approximate surface area is 85.5 Å². The number of nitrogens with zero attached hydrogens (tertiary/aromatic N) is 2. The lowest BCUT2D eigenvalue weighted by atomic mass is 10.1. The lowest BCUT2D eigenvalue weighted by Crippen LogP contribution is -2.29. The van der Waals surface area contributed by atoms with Crippen molar-refractivity contribution in [1.82, 2.24) is 20.6 Å². The van der Waals surface area contributed by atoms with E-state index >= 15 is 0 Å². The van der Waals surface area contributed by atoms with Gasteiger partial charge in [-0.15, -0.1) is 0 Å². The first-order valence-corrected chi connectivity index (χ1v) is 4.38. The van der Waals surface area contributed by atoms with E-state index in [-0.39, 0.29) is 11.9 Å². The molecule has 2 aromatic rings. The standard InChI is InChI=1S/C9H10FN5/c10-7-3-1-2-6(4-7)8(14-11)9-12-5-13-15-9/h1-5,8,14H,11H2,(H,12,13,15). The van der Waals surface area contributed by atoms with E-state index in [1.807, 2.05) is 0 Å². The van der Waals surface area contributed by atoms with Crippen molar-refractivity contribution in [2.45, 2.75) is 6.04 Å². The molecule has 1 heterocycles. The number of hydrogen-bond acceptors (Lipinski definition) is 4. The van der Waals surface area contributed by atoms with E-state index in [4.69, 9.17) is 5.84 Å². The molecule has 0 radical (unpaired) electrons. The van der Waals surface area contributed by atoms with Crippen molar-refractivity contribution in [3.8, 4) is 0 Å². The fourth-order valence-corrected chi connectivity index (χ4v) is 1.37. The highest BCUT2D eigenvalue weighted by molar-refractivity contribution is 5.24. The summed E-state index contributed by atoms with van der Waals surface area (Å²) in [5.41, 5.74) is 3.24. The maximum absolute atomic E-state index is 13.0. The zero-order chi connectivity index (χ0) is 10.7. The summed E-state index contributed by atoms with van der Waals surface area (Å²) in [7, 11) is 0. The minimum absolute atomic E-state index is 0.313. The number of rotatable bonds is 3. The van der Waals surface area contributed by atoms with Crippen LogP contribution in [0.2, 0.25) is 0 Å². The van der Waals surface area contributed by atoms with E-state index in [2.05, 4.69) is 20.6 Å². The van der Waals surface area contributed by atoms with Crippen LogP contribution in [-0.2, 0) is 0 Å². The van der Waals surface area contributed by atoms with Crippen molar-refractivity contribution < 1.29 is 4.39 Å². The van der Waals surface area contributed by atoms with E-state index in [1.165, 1.54) is 18.5 Å². The molecule has 15 heavy (non-hydrogen) atoms. The van der Waals surface area contributed by atoms with Crippen molar-refractivity contribution in [3.63, 3.8) is 0 Å². The summed E-state index contributed by atoms with van der Waals surface area (Å²) in [5.74, 6) is 5.62. The van der Waals surface area contributed by atoms with Crippen LogP contribution in [0.15, 0.2) is 30.6 Å². The van der Waals surface area contributed by atoms with E-state index in [0.717, 1.165) is 0 Å². The summed E-state index contributed by atoms with van der Waals surface area (Å²) in [5, 5.41) is 6.39. The number of H-pyrrole nitrogens is 1. The summed E-state index contributed by atoms with van der Waals surface area (Å²) in [6.07, 6.45) is 1.37. The Kier molecular flexibility index (Phi) is 2.70. The van der Waals surface area contributed by atoms with Crippen LogP contribution >= 0.6 is 0 Å². The van der Waals surface area contributed by atoms with Crippen molar-refractivity contribution in [2.75, 3.05) is 0 Å². The van der Waals surface area contributed by atoms with Crippen LogP contribution in [0.25, 0.3) is 0 Å². The first-order valence-electron chi connectivity index (χ1n) is 4.38. The van der Waals surface area contributed by atoms with E-state index in [0.29, 0.717) is 11.4 Å². The molecule has 0 aliphatic carbocycles. The average molecular weight is 207 g/mol. The van der Waals surface area contributed by atoms with Gasteiger partial charge >= 0.3 is 0 Å². The Balaban J connectivity index is 2.35. The van der Waals surface area contributed by atoms with Gasteiger partial charge in [0.05, 0.1) is 0 Å². The number of benzene rings is 1. The first kappa shape index (κ1) is 9.75. The molecule has 0 aliphatic rings. The molecule has 1 aromatic heterocycles. The highest BCUT2D eigenvalue weighted by atomic mass is 19.1. The number of hydrogen-bond donors (Lipinski definition) is 3. The topological polar surface area (TPSA) is 79.6 Å². The second-order valence-electron chi connectivity index (χ2n) is 3.03. The smallest absolute Gasteiger partial charge is 0.147 e. The summed E-state index contributed by atoms with van der Waals surface area (Å²) in [6.45, 7) is 0. The molecular weight excluding hydrogens is 197 g/mol. The lowest BCUT2D eigenvalue weighted by Gasteiger charge is -2.12. The third-order valence-corrected chi connectivity index (χ3v) is 2.06. The van der Waals surface area contributed by atoms with Crippen molar-refractivity contribution in [1.29, 1.82) is 0 Å². The molecule has 0 aliphatic heterocycles. The minimum atomic E-state index is -0.386. The number of halogens is 1. The molecule has 0 fully saturated rings. The van der Waals surface area contributed by atoms with Gasteiger partial charge in [0.1, 0.15) is 24.0 Å². The average Bonchev–Trinajstić information content (AvgIpc) is 2.72. The van der Waals surface area contributed by atoms with Gasteiger partial charge in [-0.25, -0.2) is 14.8 Å². The predicted molar refractivity (Wildman–Crippen MR) is 51.9 cm³/mol. The normalized spacial score (nSPS) is 12.7. The quantitative estimate of drug-likeness (QED) is 0.505. The van der Waals surface area contributed by atoms with Crippen LogP contribution < -0.4 is 11.3 Å². The van der Waals surface area contributed by atoms with Gasteiger partial charge in [0.15, 0.2) is 0 Å². The second kappa shape index (κ2) is 4.16. The van der Waals surface area contributed by atoms with Crippen LogP contribution in [0.3, 0.4) is 0 Å². The summed E-state index contributed by atoms with van der Waals surface area (Å²) < 4.78 is 13.0.